The SMILES string of the molecule is O=C(N[C@@H](Cc1ccccc1)C(=O)Nc1ccc(-n2cnnn2)cc1)c1ccco1. The molecule has 150 valence electrons. The molecule has 4 rings (SSSR count). The van der Waals surface area contributed by atoms with Crippen LogP contribution < -0.4 is 10.6 Å². The minimum atomic E-state index is -0.788. The van der Waals surface area contributed by atoms with E-state index in [4.69, 9.17) is 4.42 Å². The molecule has 9 nitrogen and oxygen atoms in total. The zero-order chi connectivity index (χ0) is 20.8. The molecule has 0 aliphatic carbocycles. The zero-order valence-corrected chi connectivity index (χ0v) is 15.8. The number of carbonyl (C=O) groups excluding carboxylic acids is 2. The van der Waals surface area contributed by atoms with E-state index in [0.717, 1.165) is 11.3 Å². The van der Waals surface area contributed by atoms with Gasteiger partial charge in [-0.15, -0.1) is 5.10 Å². The highest BCUT2D eigenvalue weighted by Crippen LogP contribution is 2.14. The fourth-order valence-corrected chi connectivity index (χ4v) is 2.90. The van der Waals surface area contributed by atoms with Crippen LogP contribution in [0.5, 0.6) is 0 Å². The van der Waals surface area contributed by atoms with Crippen LogP contribution in [0, 0.1) is 0 Å². The number of hydrogen-bond acceptors (Lipinski definition) is 6. The molecular formula is C21H18N6O3. The number of rotatable bonds is 7. The third-order valence-electron chi connectivity index (χ3n) is 4.40. The summed E-state index contributed by atoms with van der Waals surface area (Å²) in [7, 11) is 0. The first-order chi connectivity index (χ1) is 14.7. The number of anilines is 1. The first kappa shape index (κ1) is 19.1. The van der Waals surface area contributed by atoms with Gasteiger partial charge in [0.1, 0.15) is 12.4 Å². The lowest BCUT2D eigenvalue weighted by molar-refractivity contribution is -0.118. The maximum atomic E-state index is 12.9. The van der Waals surface area contributed by atoms with Gasteiger partial charge in [-0.3, -0.25) is 9.59 Å². The summed E-state index contributed by atoms with van der Waals surface area (Å²) in [6.45, 7) is 0. The second-order valence-electron chi connectivity index (χ2n) is 6.48. The molecule has 9 heteroatoms. The van der Waals surface area contributed by atoms with E-state index in [2.05, 4.69) is 26.2 Å². The van der Waals surface area contributed by atoms with Crippen LogP contribution in [-0.4, -0.2) is 38.1 Å². The second-order valence-corrected chi connectivity index (χ2v) is 6.48. The van der Waals surface area contributed by atoms with Crippen LogP contribution in [0.1, 0.15) is 16.1 Å². The Morgan fingerprint density at radius 1 is 1.00 bits per heavy atom. The van der Waals surface area contributed by atoms with Gasteiger partial charge in [0.2, 0.25) is 5.91 Å². The van der Waals surface area contributed by atoms with E-state index in [1.165, 1.54) is 17.3 Å². The zero-order valence-electron chi connectivity index (χ0n) is 15.8. The molecule has 2 amide bonds. The summed E-state index contributed by atoms with van der Waals surface area (Å²) >= 11 is 0. The Hall–Kier alpha value is -4.27. The Balaban J connectivity index is 1.48. The minimum Gasteiger partial charge on any atom is -0.459 e. The van der Waals surface area contributed by atoms with Crippen molar-refractivity contribution in [1.82, 2.24) is 25.5 Å². The van der Waals surface area contributed by atoms with Crippen LogP contribution in [0.3, 0.4) is 0 Å². The molecule has 2 aromatic heterocycles. The van der Waals surface area contributed by atoms with Gasteiger partial charge in [0.05, 0.1) is 12.0 Å². The van der Waals surface area contributed by atoms with Gasteiger partial charge in [0.15, 0.2) is 5.76 Å². The number of nitrogens with zero attached hydrogens (tertiary/aromatic N) is 4. The first-order valence-electron chi connectivity index (χ1n) is 9.21. The van der Waals surface area contributed by atoms with E-state index in [9.17, 15) is 9.59 Å². The largest absolute Gasteiger partial charge is 0.459 e. The molecule has 4 aromatic rings. The molecule has 0 bridgehead atoms. The van der Waals surface area contributed by atoms with Gasteiger partial charge in [-0.1, -0.05) is 30.3 Å². The van der Waals surface area contributed by atoms with Gasteiger partial charge in [-0.2, -0.15) is 0 Å². The second kappa shape index (κ2) is 8.82. The van der Waals surface area contributed by atoms with Gasteiger partial charge in [0.25, 0.3) is 5.91 Å². The van der Waals surface area contributed by atoms with Crippen molar-refractivity contribution < 1.29 is 14.0 Å². The normalized spacial score (nSPS) is 11.6. The van der Waals surface area contributed by atoms with Crippen molar-refractivity contribution in [1.29, 1.82) is 0 Å². The summed E-state index contributed by atoms with van der Waals surface area (Å²) in [6.07, 6.45) is 3.23. The lowest BCUT2D eigenvalue weighted by Gasteiger charge is -2.18. The molecule has 2 N–H and O–H groups in total. The summed E-state index contributed by atoms with van der Waals surface area (Å²) in [5.41, 5.74) is 2.26. The van der Waals surface area contributed by atoms with Crippen LogP contribution in [0.25, 0.3) is 5.69 Å². The number of benzene rings is 2. The van der Waals surface area contributed by atoms with E-state index in [-0.39, 0.29) is 11.7 Å². The van der Waals surface area contributed by atoms with Crippen LogP contribution in [0.4, 0.5) is 5.69 Å². The standard InChI is InChI=1S/C21H18N6O3/c28-20(23-16-8-10-17(11-9-16)27-14-22-25-26-27)18(13-15-5-2-1-3-6-15)24-21(29)19-7-4-12-30-19/h1-12,14,18H,13H2,(H,23,28)(H,24,29)/t18-/m0/s1. The lowest BCUT2D eigenvalue weighted by Crippen LogP contribution is -2.45. The van der Waals surface area contributed by atoms with Gasteiger partial charge < -0.3 is 15.1 Å². The molecule has 0 radical (unpaired) electrons. The highest BCUT2D eigenvalue weighted by molar-refractivity contribution is 6.00. The molecule has 0 aliphatic heterocycles. The fourth-order valence-electron chi connectivity index (χ4n) is 2.90. The van der Waals surface area contributed by atoms with Crippen LogP contribution in [-0.2, 0) is 11.2 Å². The summed E-state index contributed by atoms with van der Waals surface area (Å²) in [5, 5.41) is 16.6. The third-order valence-corrected chi connectivity index (χ3v) is 4.40. The van der Waals surface area contributed by atoms with Gasteiger partial charge in [-0.25, -0.2) is 4.68 Å². The molecule has 1 atom stereocenters. The highest BCUT2D eigenvalue weighted by Gasteiger charge is 2.23. The Bertz CT molecular complexity index is 1090. The Morgan fingerprint density at radius 3 is 2.47 bits per heavy atom. The summed E-state index contributed by atoms with van der Waals surface area (Å²) in [4.78, 5) is 25.4. The van der Waals surface area contributed by atoms with E-state index in [1.807, 2.05) is 30.3 Å². The highest BCUT2D eigenvalue weighted by atomic mass is 16.3. The van der Waals surface area contributed by atoms with Gasteiger partial charge in [-0.05, 0) is 52.4 Å². The topological polar surface area (TPSA) is 115 Å². The maximum Gasteiger partial charge on any atom is 0.287 e. The quantitative estimate of drug-likeness (QED) is 0.490. The summed E-state index contributed by atoms with van der Waals surface area (Å²) in [5.74, 6) is -0.648. The predicted molar refractivity (Wildman–Crippen MR) is 108 cm³/mol. The molecule has 2 aromatic carbocycles. The molecule has 0 unspecified atom stereocenters. The van der Waals surface area contributed by atoms with Crippen LogP contribution in [0.15, 0.2) is 83.7 Å². The number of hydrogen-bond donors (Lipinski definition) is 2. The molecule has 0 aliphatic rings. The predicted octanol–water partition coefficient (Wildman–Crippen LogP) is 2.24. The van der Waals surface area contributed by atoms with Gasteiger partial charge >= 0.3 is 0 Å². The van der Waals surface area contributed by atoms with Crippen molar-refractivity contribution in [3.8, 4) is 5.69 Å². The Kier molecular flexibility index (Phi) is 5.61. The van der Waals surface area contributed by atoms with E-state index >= 15 is 0 Å². The monoisotopic (exact) mass is 402 g/mol. The smallest absolute Gasteiger partial charge is 0.287 e. The number of amides is 2. The molecule has 2 heterocycles. The maximum absolute atomic E-state index is 12.9. The number of aromatic nitrogens is 4. The summed E-state index contributed by atoms with van der Waals surface area (Å²) < 4.78 is 6.64. The molecule has 0 saturated heterocycles. The van der Waals surface area contributed by atoms with Crippen molar-refractivity contribution in [3.05, 3.63) is 90.6 Å². The number of furan rings is 1. The van der Waals surface area contributed by atoms with Gasteiger partial charge in [0, 0.05) is 12.1 Å². The Labute approximate surface area is 171 Å². The van der Waals surface area contributed by atoms with Crippen molar-refractivity contribution >= 4 is 17.5 Å². The molecule has 0 fully saturated rings. The average Bonchev–Trinajstić information content (AvgIpc) is 3.49. The minimum absolute atomic E-state index is 0.145. The van der Waals surface area contributed by atoms with E-state index < -0.39 is 11.9 Å². The number of carbonyl (C=O) groups is 2. The van der Waals surface area contributed by atoms with Crippen molar-refractivity contribution in [2.45, 2.75) is 12.5 Å². The first-order valence-corrected chi connectivity index (χ1v) is 9.21. The van der Waals surface area contributed by atoms with Crippen molar-refractivity contribution in [2.24, 2.45) is 0 Å². The Morgan fingerprint density at radius 2 is 1.80 bits per heavy atom. The van der Waals surface area contributed by atoms with Crippen LogP contribution in [0.2, 0.25) is 0 Å². The average molecular weight is 402 g/mol. The van der Waals surface area contributed by atoms with E-state index in [1.54, 1.807) is 36.4 Å². The van der Waals surface area contributed by atoms with E-state index in [0.29, 0.717) is 12.1 Å². The van der Waals surface area contributed by atoms with Crippen molar-refractivity contribution in [2.75, 3.05) is 5.32 Å². The molecule has 0 saturated carbocycles. The number of tetrazole rings is 1. The summed E-state index contributed by atoms with van der Waals surface area (Å²) in [6, 6.07) is 18.9. The molecular weight excluding hydrogens is 384 g/mol. The third kappa shape index (κ3) is 4.58. The molecule has 0 spiro atoms. The van der Waals surface area contributed by atoms with Crippen molar-refractivity contribution in [3.63, 3.8) is 0 Å². The number of nitrogens with one attached hydrogen (secondary N) is 2. The van der Waals surface area contributed by atoms with Crippen LogP contribution >= 0.6 is 0 Å². The fraction of sp³-hybridized carbons (Fsp3) is 0.0952. The lowest BCUT2D eigenvalue weighted by atomic mass is 10.0. The molecule has 30 heavy (non-hydrogen) atoms.